The van der Waals surface area contributed by atoms with Crippen LogP contribution in [0.15, 0.2) is 22.7 Å². The zero-order chi connectivity index (χ0) is 14.3. The maximum Gasteiger partial charge on any atom is 0.303 e. The van der Waals surface area contributed by atoms with Crippen LogP contribution < -0.4 is 5.32 Å². The Hall–Kier alpha value is -1.36. The van der Waals surface area contributed by atoms with Gasteiger partial charge in [-0.25, -0.2) is 0 Å². The van der Waals surface area contributed by atoms with Crippen LogP contribution in [0.1, 0.15) is 41.6 Å². The minimum Gasteiger partial charge on any atom is -0.481 e. The lowest BCUT2D eigenvalue weighted by atomic mass is 10.1. The number of unbranched alkanes of at least 4 members (excludes halogenated alkanes) is 2. The molecular weight excluding hydrogens is 310 g/mol. The number of aliphatic carboxylic acids is 1. The monoisotopic (exact) mass is 327 g/mol. The molecule has 0 heterocycles. The van der Waals surface area contributed by atoms with Gasteiger partial charge >= 0.3 is 5.97 Å². The van der Waals surface area contributed by atoms with E-state index in [-0.39, 0.29) is 12.3 Å². The van der Waals surface area contributed by atoms with Crippen LogP contribution >= 0.6 is 15.9 Å². The third kappa shape index (κ3) is 5.87. The van der Waals surface area contributed by atoms with Gasteiger partial charge in [-0.2, -0.15) is 0 Å². The maximum atomic E-state index is 11.8. The number of carbonyl (C=O) groups excluding carboxylic acids is 1. The normalized spacial score (nSPS) is 10.2. The van der Waals surface area contributed by atoms with Gasteiger partial charge in [-0.1, -0.05) is 22.4 Å². The summed E-state index contributed by atoms with van der Waals surface area (Å²) in [7, 11) is 0. The number of carbonyl (C=O) groups is 2. The Bertz CT molecular complexity index is 460. The molecule has 2 N–H and O–H groups in total. The lowest BCUT2D eigenvalue weighted by Gasteiger charge is -2.06. The second kappa shape index (κ2) is 7.94. The first-order valence-electron chi connectivity index (χ1n) is 6.27. The molecule has 0 aliphatic rings. The molecule has 1 aromatic rings. The van der Waals surface area contributed by atoms with E-state index in [2.05, 4.69) is 21.2 Å². The quantitative estimate of drug-likeness (QED) is 0.756. The van der Waals surface area contributed by atoms with Gasteiger partial charge in [-0.3, -0.25) is 9.59 Å². The van der Waals surface area contributed by atoms with Crippen molar-refractivity contribution >= 4 is 27.8 Å². The number of aryl methyl sites for hydroxylation is 1. The van der Waals surface area contributed by atoms with E-state index in [4.69, 9.17) is 5.11 Å². The molecule has 1 aromatic carbocycles. The van der Waals surface area contributed by atoms with Gasteiger partial charge in [0.15, 0.2) is 0 Å². The molecule has 0 aliphatic carbocycles. The van der Waals surface area contributed by atoms with Gasteiger partial charge in [0.2, 0.25) is 0 Å². The van der Waals surface area contributed by atoms with Gasteiger partial charge in [0.25, 0.3) is 5.91 Å². The summed E-state index contributed by atoms with van der Waals surface area (Å²) in [6.07, 6.45) is 2.46. The molecule has 0 aromatic heterocycles. The maximum absolute atomic E-state index is 11.8. The number of rotatable bonds is 7. The third-order valence-corrected chi connectivity index (χ3v) is 3.66. The van der Waals surface area contributed by atoms with E-state index < -0.39 is 5.97 Å². The van der Waals surface area contributed by atoms with Crippen molar-refractivity contribution in [3.05, 3.63) is 33.8 Å². The van der Waals surface area contributed by atoms with Crippen LogP contribution in [0.25, 0.3) is 0 Å². The molecule has 0 aliphatic heterocycles. The summed E-state index contributed by atoms with van der Waals surface area (Å²) in [6, 6.07) is 5.47. The van der Waals surface area contributed by atoms with Gasteiger partial charge in [-0.05, 0) is 43.5 Å². The first kappa shape index (κ1) is 15.7. The number of nitrogens with one attached hydrogen (secondary N) is 1. The Morgan fingerprint density at radius 3 is 2.63 bits per heavy atom. The van der Waals surface area contributed by atoms with Crippen molar-refractivity contribution in [2.75, 3.05) is 6.54 Å². The molecule has 0 fully saturated rings. The lowest BCUT2D eigenvalue weighted by molar-refractivity contribution is -0.137. The van der Waals surface area contributed by atoms with E-state index in [1.54, 1.807) is 6.07 Å². The van der Waals surface area contributed by atoms with Crippen LogP contribution in [0.3, 0.4) is 0 Å². The first-order valence-corrected chi connectivity index (χ1v) is 7.06. The molecule has 0 bridgehead atoms. The molecule has 19 heavy (non-hydrogen) atoms. The molecule has 4 nitrogen and oxygen atoms in total. The summed E-state index contributed by atoms with van der Waals surface area (Å²) >= 11 is 3.39. The molecule has 5 heteroatoms. The average molecular weight is 328 g/mol. The van der Waals surface area contributed by atoms with Gasteiger partial charge in [0.05, 0.1) is 0 Å². The van der Waals surface area contributed by atoms with Crippen molar-refractivity contribution < 1.29 is 14.7 Å². The summed E-state index contributed by atoms with van der Waals surface area (Å²) < 4.78 is 0.984. The van der Waals surface area contributed by atoms with Crippen LogP contribution in [0, 0.1) is 6.92 Å². The summed E-state index contributed by atoms with van der Waals surface area (Å²) in [4.78, 5) is 22.1. The average Bonchev–Trinajstić information content (AvgIpc) is 2.36. The summed E-state index contributed by atoms with van der Waals surface area (Å²) in [5.74, 6) is -0.858. The van der Waals surface area contributed by atoms with Crippen molar-refractivity contribution in [2.24, 2.45) is 0 Å². The molecule has 0 saturated heterocycles. The number of hydrogen-bond acceptors (Lipinski definition) is 2. The minimum atomic E-state index is -0.769. The smallest absolute Gasteiger partial charge is 0.303 e. The molecule has 104 valence electrons. The molecule has 0 radical (unpaired) electrons. The van der Waals surface area contributed by atoms with E-state index in [0.717, 1.165) is 22.9 Å². The Balaban J connectivity index is 2.27. The molecule has 0 saturated carbocycles. The molecule has 1 rings (SSSR count). The van der Waals surface area contributed by atoms with Crippen LogP contribution in [-0.4, -0.2) is 23.5 Å². The molecule has 0 unspecified atom stereocenters. The summed E-state index contributed by atoms with van der Waals surface area (Å²) in [5.41, 5.74) is 1.67. The van der Waals surface area contributed by atoms with Crippen LogP contribution in [0.2, 0.25) is 0 Å². The predicted octanol–water partition coefficient (Wildman–Crippen LogP) is 3.13. The number of halogens is 1. The van der Waals surface area contributed by atoms with E-state index in [9.17, 15) is 9.59 Å². The highest BCUT2D eigenvalue weighted by Gasteiger charge is 2.06. The minimum absolute atomic E-state index is 0.0890. The van der Waals surface area contributed by atoms with Crippen LogP contribution in [0.4, 0.5) is 0 Å². The van der Waals surface area contributed by atoms with Crippen molar-refractivity contribution in [1.82, 2.24) is 5.32 Å². The number of carboxylic acid groups (broad SMARTS) is 1. The fourth-order valence-corrected chi connectivity index (χ4v) is 1.91. The Morgan fingerprint density at radius 2 is 2.00 bits per heavy atom. The number of hydrogen-bond donors (Lipinski definition) is 2. The van der Waals surface area contributed by atoms with Gasteiger partial charge in [0, 0.05) is 23.0 Å². The van der Waals surface area contributed by atoms with E-state index in [1.807, 2.05) is 19.1 Å². The Kier molecular flexibility index (Phi) is 6.56. The Morgan fingerprint density at radius 1 is 1.26 bits per heavy atom. The zero-order valence-electron chi connectivity index (χ0n) is 10.9. The van der Waals surface area contributed by atoms with Gasteiger partial charge in [-0.15, -0.1) is 0 Å². The number of amides is 1. The lowest BCUT2D eigenvalue weighted by Crippen LogP contribution is -2.24. The van der Waals surface area contributed by atoms with Crippen molar-refractivity contribution in [3.8, 4) is 0 Å². The zero-order valence-corrected chi connectivity index (χ0v) is 12.5. The molecule has 1 amide bonds. The SMILES string of the molecule is Cc1cc(C(=O)NCCCCCC(=O)O)ccc1Br. The third-order valence-electron chi connectivity index (χ3n) is 2.77. The van der Waals surface area contributed by atoms with E-state index in [0.29, 0.717) is 18.5 Å². The Labute approximate surface area is 121 Å². The standard InChI is InChI=1S/C14H18BrNO3/c1-10-9-11(6-7-12(10)15)14(19)16-8-4-2-3-5-13(17)18/h6-7,9H,2-5,8H2,1H3,(H,16,19)(H,17,18). The van der Waals surface area contributed by atoms with E-state index >= 15 is 0 Å². The van der Waals surface area contributed by atoms with Crippen molar-refractivity contribution in [2.45, 2.75) is 32.6 Å². The topological polar surface area (TPSA) is 66.4 Å². The second-order valence-corrected chi connectivity index (χ2v) is 5.28. The fourth-order valence-electron chi connectivity index (χ4n) is 1.67. The van der Waals surface area contributed by atoms with Crippen LogP contribution in [-0.2, 0) is 4.79 Å². The molecule has 0 atom stereocenters. The van der Waals surface area contributed by atoms with Crippen molar-refractivity contribution in [1.29, 1.82) is 0 Å². The van der Waals surface area contributed by atoms with Gasteiger partial charge in [0.1, 0.15) is 0 Å². The fraction of sp³-hybridized carbons (Fsp3) is 0.429. The number of carboxylic acids is 1. The highest BCUT2D eigenvalue weighted by Crippen LogP contribution is 2.16. The van der Waals surface area contributed by atoms with Crippen LogP contribution in [0.5, 0.6) is 0 Å². The summed E-state index contributed by atoms with van der Waals surface area (Å²) in [6.45, 7) is 2.51. The largest absolute Gasteiger partial charge is 0.481 e. The van der Waals surface area contributed by atoms with E-state index in [1.165, 1.54) is 0 Å². The second-order valence-electron chi connectivity index (χ2n) is 4.42. The highest BCUT2D eigenvalue weighted by molar-refractivity contribution is 9.10. The predicted molar refractivity (Wildman–Crippen MR) is 77.3 cm³/mol. The first-order chi connectivity index (χ1) is 9.00. The van der Waals surface area contributed by atoms with Crippen molar-refractivity contribution in [3.63, 3.8) is 0 Å². The number of benzene rings is 1. The highest BCUT2D eigenvalue weighted by atomic mass is 79.9. The molecular formula is C14H18BrNO3. The summed E-state index contributed by atoms with van der Waals surface area (Å²) in [5, 5.41) is 11.3. The molecule has 0 spiro atoms. The van der Waals surface area contributed by atoms with Gasteiger partial charge < -0.3 is 10.4 Å².